The van der Waals surface area contributed by atoms with Gasteiger partial charge in [-0.15, -0.1) is 0 Å². The number of halogens is 4. The van der Waals surface area contributed by atoms with Gasteiger partial charge < -0.3 is 10.1 Å². The molecule has 11 heteroatoms. The number of amides is 1. The van der Waals surface area contributed by atoms with Crippen molar-refractivity contribution in [3.05, 3.63) is 58.4 Å². The molecule has 2 aliphatic rings. The van der Waals surface area contributed by atoms with E-state index < -0.39 is 56.3 Å². The average Bonchev–Trinajstić information content (AvgIpc) is 3.36. The second-order valence-corrected chi connectivity index (χ2v) is 10.7. The fourth-order valence-electron chi connectivity index (χ4n) is 5.01. The highest BCUT2D eigenvalue weighted by Crippen LogP contribution is 2.53. The molecule has 2 bridgehead atoms. The molecule has 2 unspecified atom stereocenters. The Morgan fingerprint density at radius 3 is 2.39 bits per heavy atom. The molecule has 2 aromatic carbocycles. The van der Waals surface area contributed by atoms with E-state index in [4.69, 9.17) is 16.3 Å². The summed E-state index contributed by atoms with van der Waals surface area (Å²) in [6.07, 6.45) is 1.62. The Morgan fingerprint density at radius 1 is 1.09 bits per heavy atom. The van der Waals surface area contributed by atoms with Crippen LogP contribution in [0.2, 0.25) is 5.02 Å². The first-order chi connectivity index (χ1) is 15.5. The highest BCUT2D eigenvalue weighted by atomic mass is 35.5. The zero-order valence-corrected chi connectivity index (χ0v) is 18.9. The molecule has 0 aromatic heterocycles. The number of rotatable bonds is 5. The summed E-state index contributed by atoms with van der Waals surface area (Å²) in [5, 5.41) is 1.28. The molecule has 33 heavy (non-hydrogen) atoms. The van der Waals surface area contributed by atoms with Crippen molar-refractivity contribution < 1.29 is 35.9 Å². The van der Waals surface area contributed by atoms with Crippen molar-refractivity contribution in [3.63, 3.8) is 0 Å². The number of hydrogen-bond acceptors (Lipinski definition) is 5. The molecule has 2 fully saturated rings. The Hall–Kier alpha value is -2.59. The summed E-state index contributed by atoms with van der Waals surface area (Å²) in [6, 6.07) is 4.80. The van der Waals surface area contributed by atoms with Gasteiger partial charge in [0.2, 0.25) is 0 Å². The summed E-state index contributed by atoms with van der Waals surface area (Å²) in [4.78, 5) is 24.4. The molecule has 4 atom stereocenters. The number of carbonyl (C=O) groups is 2. The van der Waals surface area contributed by atoms with Crippen molar-refractivity contribution in [1.29, 1.82) is 0 Å². The number of benzene rings is 2. The van der Waals surface area contributed by atoms with E-state index in [-0.39, 0.29) is 27.1 Å². The fourth-order valence-corrected chi connectivity index (χ4v) is 7.92. The second kappa shape index (κ2) is 8.64. The van der Waals surface area contributed by atoms with Gasteiger partial charge in [0.1, 0.15) is 0 Å². The van der Waals surface area contributed by atoms with Crippen molar-refractivity contribution in [1.82, 2.24) is 0 Å². The highest BCUT2D eigenvalue weighted by molar-refractivity contribution is 7.92. The van der Waals surface area contributed by atoms with Gasteiger partial charge in [0.25, 0.3) is 5.91 Å². The van der Waals surface area contributed by atoms with Gasteiger partial charge in [-0.1, -0.05) is 11.6 Å². The third kappa shape index (κ3) is 4.10. The molecule has 0 spiro atoms. The van der Waals surface area contributed by atoms with Crippen LogP contribution in [0.4, 0.5) is 18.9 Å². The predicted molar refractivity (Wildman–Crippen MR) is 113 cm³/mol. The molecule has 2 aliphatic carbocycles. The maximum Gasteiger partial charge on any atom is 0.308 e. The minimum atomic E-state index is -4.02. The first kappa shape index (κ1) is 23.6. The molecule has 176 valence electrons. The lowest BCUT2D eigenvalue weighted by Crippen LogP contribution is -2.30. The lowest BCUT2D eigenvalue weighted by molar-refractivity contribution is -0.147. The van der Waals surface area contributed by atoms with Gasteiger partial charge in [0.05, 0.1) is 28.2 Å². The molecule has 0 saturated heterocycles. The minimum absolute atomic E-state index is 0.0914. The SMILES string of the molecule is COC(=O)[C@H]1C[C@@H]2CCC1C2S(=O)(=O)c1cc(C(=O)Nc2cc(F)c(F)c(F)c2)ccc1Cl. The summed E-state index contributed by atoms with van der Waals surface area (Å²) in [6.45, 7) is 0. The van der Waals surface area contributed by atoms with Crippen LogP contribution in [0.5, 0.6) is 0 Å². The summed E-state index contributed by atoms with van der Waals surface area (Å²) in [7, 11) is -2.76. The summed E-state index contributed by atoms with van der Waals surface area (Å²) in [5.41, 5.74) is -0.469. The Bertz CT molecular complexity index is 1230. The minimum Gasteiger partial charge on any atom is -0.469 e. The maximum absolute atomic E-state index is 13.5. The second-order valence-electron chi connectivity index (χ2n) is 8.23. The molecule has 6 nitrogen and oxygen atoms in total. The largest absolute Gasteiger partial charge is 0.469 e. The number of hydrogen-bond donors (Lipinski definition) is 1. The van der Waals surface area contributed by atoms with Gasteiger partial charge in [-0.3, -0.25) is 9.59 Å². The molecular formula is C22H19ClF3NO5S. The van der Waals surface area contributed by atoms with E-state index in [0.29, 0.717) is 31.4 Å². The van der Waals surface area contributed by atoms with Crippen LogP contribution in [0.1, 0.15) is 29.6 Å². The monoisotopic (exact) mass is 501 g/mol. The standard InChI is InChI=1S/C22H19ClF3NO5S/c1-32-22(29)14-6-10-2-4-13(14)20(10)33(30,31)18-7-11(3-5-15(18)23)21(28)27-12-8-16(24)19(26)17(25)9-12/h3,5,7-10,13-14,20H,2,4,6H2,1H3,(H,27,28)/t10-,13?,14-,20?/m0/s1. The molecule has 2 aromatic rings. The van der Waals surface area contributed by atoms with Crippen LogP contribution in [-0.2, 0) is 19.4 Å². The van der Waals surface area contributed by atoms with Gasteiger partial charge in [-0.05, 0) is 49.3 Å². The maximum atomic E-state index is 13.5. The van der Waals surface area contributed by atoms with Crippen LogP contribution in [0.3, 0.4) is 0 Å². The number of esters is 1. The molecule has 0 radical (unpaired) electrons. The number of anilines is 1. The Labute approximate surface area is 193 Å². The van der Waals surface area contributed by atoms with Gasteiger partial charge in [-0.25, -0.2) is 21.6 Å². The zero-order valence-electron chi connectivity index (χ0n) is 17.3. The number of carbonyl (C=O) groups excluding carboxylic acids is 2. The first-order valence-electron chi connectivity index (χ1n) is 10.1. The molecule has 1 N–H and O–H groups in total. The van der Waals surface area contributed by atoms with E-state index >= 15 is 0 Å². The van der Waals surface area contributed by atoms with Crippen molar-refractivity contribution in [3.8, 4) is 0 Å². The summed E-state index contributed by atoms with van der Waals surface area (Å²) < 4.78 is 71.9. The van der Waals surface area contributed by atoms with E-state index in [9.17, 15) is 31.2 Å². The van der Waals surface area contributed by atoms with E-state index in [2.05, 4.69) is 5.32 Å². The number of nitrogens with one attached hydrogen (secondary N) is 1. The van der Waals surface area contributed by atoms with Crippen LogP contribution < -0.4 is 5.32 Å². The molecular weight excluding hydrogens is 483 g/mol. The normalized spacial score (nSPS) is 24.0. The van der Waals surface area contributed by atoms with Crippen LogP contribution in [-0.4, -0.2) is 32.7 Å². The number of fused-ring (bicyclic) bond motifs is 2. The van der Waals surface area contributed by atoms with Gasteiger partial charge in [0, 0.05) is 23.4 Å². The average molecular weight is 502 g/mol. The Balaban J connectivity index is 1.64. The summed E-state index contributed by atoms with van der Waals surface area (Å²) >= 11 is 6.18. The smallest absolute Gasteiger partial charge is 0.308 e. The van der Waals surface area contributed by atoms with Crippen molar-refractivity contribution in [2.24, 2.45) is 17.8 Å². The topological polar surface area (TPSA) is 89.5 Å². The molecule has 4 rings (SSSR count). The predicted octanol–water partition coefficient (Wildman–Crippen LogP) is 4.37. The number of methoxy groups -OCH3 is 1. The quantitative estimate of drug-likeness (QED) is 0.485. The lowest BCUT2D eigenvalue weighted by Gasteiger charge is -2.20. The number of sulfone groups is 1. The van der Waals surface area contributed by atoms with Gasteiger partial charge in [0.15, 0.2) is 27.3 Å². The van der Waals surface area contributed by atoms with Gasteiger partial charge in [-0.2, -0.15) is 0 Å². The van der Waals surface area contributed by atoms with E-state index in [1.807, 2.05) is 0 Å². The van der Waals surface area contributed by atoms with Crippen molar-refractivity contribution in [2.45, 2.75) is 29.4 Å². The van der Waals surface area contributed by atoms with Crippen LogP contribution in [0.25, 0.3) is 0 Å². The zero-order chi connectivity index (χ0) is 24.1. The Kier molecular flexibility index (Phi) is 6.17. The third-order valence-electron chi connectivity index (χ3n) is 6.43. The van der Waals surface area contributed by atoms with Crippen LogP contribution in [0, 0.1) is 35.2 Å². The lowest BCUT2D eigenvalue weighted by atomic mass is 9.89. The van der Waals surface area contributed by atoms with Crippen LogP contribution >= 0.6 is 11.6 Å². The van der Waals surface area contributed by atoms with E-state index in [1.54, 1.807) is 0 Å². The van der Waals surface area contributed by atoms with Crippen molar-refractivity contribution in [2.75, 3.05) is 12.4 Å². The highest BCUT2D eigenvalue weighted by Gasteiger charge is 2.56. The molecule has 0 heterocycles. The summed E-state index contributed by atoms with van der Waals surface area (Å²) in [5.74, 6) is -7.11. The van der Waals surface area contributed by atoms with E-state index in [1.165, 1.54) is 19.2 Å². The molecule has 2 saturated carbocycles. The Morgan fingerprint density at radius 2 is 1.76 bits per heavy atom. The van der Waals surface area contributed by atoms with Gasteiger partial charge >= 0.3 is 5.97 Å². The molecule has 1 amide bonds. The fraction of sp³-hybridized carbons (Fsp3) is 0.364. The third-order valence-corrected chi connectivity index (χ3v) is 9.28. The first-order valence-corrected chi connectivity index (χ1v) is 12.0. The number of ether oxygens (including phenoxy) is 1. The van der Waals surface area contributed by atoms with Crippen LogP contribution in [0.15, 0.2) is 35.2 Å². The van der Waals surface area contributed by atoms with Crippen molar-refractivity contribution >= 4 is 39.0 Å². The van der Waals surface area contributed by atoms with E-state index in [0.717, 1.165) is 6.07 Å². The molecule has 0 aliphatic heterocycles.